The van der Waals surface area contributed by atoms with Crippen LogP contribution in [0.15, 0.2) is 16.9 Å². The van der Waals surface area contributed by atoms with Crippen molar-refractivity contribution in [3.8, 4) is 0 Å². The Kier molecular flexibility index (Phi) is 5.82. The van der Waals surface area contributed by atoms with E-state index in [1.807, 2.05) is 29.6 Å². The molecule has 1 aliphatic heterocycles. The number of aromatic nitrogens is 4. The van der Waals surface area contributed by atoms with E-state index in [1.165, 1.54) is 5.56 Å². The number of aryl methyl sites for hydroxylation is 3. The Hall–Kier alpha value is -1.67. The lowest BCUT2D eigenvalue weighted by atomic mass is 10.2. The van der Waals surface area contributed by atoms with Crippen molar-refractivity contribution in [3.05, 3.63) is 33.8 Å². The molecule has 0 aromatic carbocycles. The summed E-state index contributed by atoms with van der Waals surface area (Å²) in [6, 6.07) is -0.281. The van der Waals surface area contributed by atoms with Gasteiger partial charge in [0.05, 0.1) is 15.9 Å². The highest BCUT2D eigenvalue weighted by molar-refractivity contribution is 9.10. The normalized spacial score (nSPS) is 16.9. The first kappa shape index (κ1) is 19.1. The Balaban J connectivity index is 1.55. The van der Waals surface area contributed by atoms with Crippen LogP contribution in [0.3, 0.4) is 0 Å². The van der Waals surface area contributed by atoms with Crippen molar-refractivity contribution in [1.29, 1.82) is 0 Å². The highest BCUT2D eigenvalue weighted by Gasteiger charge is 2.27. The van der Waals surface area contributed by atoms with Gasteiger partial charge in [0.15, 0.2) is 0 Å². The van der Waals surface area contributed by atoms with Crippen LogP contribution in [0.5, 0.6) is 0 Å². The molecule has 8 heteroatoms. The molecular formula is C18H27BrN6O. The minimum atomic E-state index is -0.281. The van der Waals surface area contributed by atoms with Gasteiger partial charge in [-0.2, -0.15) is 10.2 Å². The van der Waals surface area contributed by atoms with Crippen LogP contribution in [-0.4, -0.2) is 61.4 Å². The van der Waals surface area contributed by atoms with Crippen LogP contribution >= 0.6 is 15.9 Å². The van der Waals surface area contributed by atoms with E-state index in [1.54, 1.807) is 4.68 Å². The molecule has 1 fully saturated rings. The fraction of sp³-hybridized carbons (Fsp3) is 0.611. The summed E-state index contributed by atoms with van der Waals surface area (Å²) in [4.78, 5) is 17.1. The highest BCUT2D eigenvalue weighted by Crippen LogP contribution is 2.19. The average Bonchev–Trinajstić information content (AvgIpc) is 3.16. The molecule has 0 saturated carbocycles. The summed E-state index contributed by atoms with van der Waals surface area (Å²) in [6.45, 7) is 13.1. The third kappa shape index (κ3) is 4.01. The summed E-state index contributed by atoms with van der Waals surface area (Å²) in [5.41, 5.74) is 3.27. The second kappa shape index (κ2) is 7.92. The summed E-state index contributed by atoms with van der Waals surface area (Å²) in [7, 11) is 0. The quantitative estimate of drug-likeness (QED) is 0.741. The van der Waals surface area contributed by atoms with Gasteiger partial charge in [-0.15, -0.1) is 0 Å². The molecule has 0 spiro atoms. The van der Waals surface area contributed by atoms with Crippen LogP contribution in [0, 0.1) is 13.8 Å². The molecule has 2 aromatic rings. The van der Waals surface area contributed by atoms with E-state index < -0.39 is 0 Å². The van der Waals surface area contributed by atoms with Gasteiger partial charge in [0, 0.05) is 57.2 Å². The van der Waals surface area contributed by atoms with Gasteiger partial charge in [0.25, 0.3) is 0 Å². The first-order valence-corrected chi connectivity index (χ1v) is 9.93. The summed E-state index contributed by atoms with van der Waals surface area (Å²) in [5, 5.41) is 8.94. The van der Waals surface area contributed by atoms with Crippen LogP contribution in [0.1, 0.15) is 36.8 Å². The first-order valence-electron chi connectivity index (χ1n) is 9.14. The molecule has 3 heterocycles. The number of rotatable bonds is 5. The largest absolute Gasteiger partial charge is 0.338 e. The van der Waals surface area contributed by atoms with Gasteiger partial charge in [0.1, 0.15) is 6.04 Å². The smallest absolute Gasteiger partial charge is 0.247 e. The summed E-state index contributed by atoms with van der Waals surface area (Å²) in [6.07, 6.45) is 4.01. The number of piperazine rings is 1. The van der Waals surface area contributed by atoms with Crippen molar-refractivity contribution >= 4 is 21.8 Å². The van der Waals surface area contributed by atoms with Gasteiger partial charge in [-0.3, -0.25) is 19.1 Å². The average molecular weight is 423 g/mol. The van der Waals surface area contributed by atoms with Crippen LogP contribution in [-0.2, 0) is 17.9 Å². The number of hydrogen-bond donors (Lipinski definition) is 0. The maximum Gasteiger partial charge on any atom is 0.247 e. The summed E-state index contributed by atoms with van der Waals surface area (Å²) < 4.78 is 4.66. The molecule has 1 atom stereocenters. The van der Waals surface area contributed by atoms with Gasteiger partial charge >= 0.3 is 0 Å². The lowest BCUT2D eigenvalue weighted by Gasteiger charge is -2.35. The SMILES string of the molecule is CCn1cc(CN2CCN(C(=O)C(C)n3cc(Br)c(C)n3)CC2)c(C)n1. The Morgan fingerprint density at radius 2 is 1.85 bits per heavy atom. The molecule has 1 amide bonds. The first-order chi connectivity index (χ1) is 12.4. The van der Waals surface area contributed by atoms with Crippen molar-refractivity contribution in [2.24, 2.45) is 0 Å². The Labute approximate surface area is 163 Å². The Morgan fingerprint density at radius 3 is 2.38 bits per heavy atom. The van der Waals surface area contributed by atoms with Crippen molar-refractivity contribution in [3.63, 3.8) is 0 Å². The molecule has 26 heavy (non-hydrogen) atoms. The molecular weight excluding hydrogens is 396 g/mol. The molecule has 1 aliphatic rings. The molecule has 3 rings (SSSR count). The fourth-order valence-corrected chi connectivity index (χ4v) is 3.57. The zero-order valence-electron chi connectivity index (χ0n) is 15.9. The van der Waals surface area contributed by atoms with Crippen LogP contribution in [0.4, 0.5) is 0 Å². The van der Waals surface area contributed by atoms with Crippen LogP contribution < -0.4 is 0 Å². The Bertz CT molecular complexity index is 755. The highest BCUT2D eigenvalue weighted by atomic mass is 79.9. The molecule has 0 N–H and O–H groups in total. The van der Waals surface area contributed by atoms with Crippen molar-refractivity contribution in [1.82, 2.24) is 29.4 Å². The molecule has 2 aromatic heterocycles. The lowest BCUT2D eigenvalue weighted by molar-refractivity contribution is -0.136. The maximum absolute atomic E-state index is 12.8. The predicted octanol–water partition coefficient (Wildman–Crippen LogP) is 2.38. The van der Waals surface area contributed by atoms with Crippen molar-refractivity contribution in [2.75, 3.05) is 26.2 Å². The number of carbonyl (C=O) groups excluding carboxylic acids is 1. The topological polar surface area (TPSA) is 59.2 Å². The van der Waals surface area contributed by atoms with E-state index in [0.29, 0.717) is 0 Å². The zero-order chi connectivity index (χ0) is 18.8. The standard InChI is InChI=1S/C18H27BrN6O/c1-5-24-11-16(13(2)20-24)10-22-6-8-23(9-7-22)18(26)15(4)25-12-17(19)14(3)21-25/h11-12,15H,5-10H2,1-4H3. The second-order valence-corrected chi connectivity index (χ2v) is 7.77. The minimum absolute atomic E-state index is 0.134. The molecule has 0 radical (unpaired) electrons. The number of nitrogens with zero attached hydrogens (tertiary/aromatic N) is 6. The number of hydrogen-bond acceptors (Lipinski definition) is 4. The van der Waals surface area contributed by atoms with Crippen LogP contribution in [0.2, 0.25) is 0 Å². The lowest BCUT2D eigenvalue weighted by Crippen LogP contribution is -2.50. The van der Waals surface area contributed by atoms with Crippen molar-refractivity contribution < 1.29 is 4.79 Å². The molecule has 1 saturated heterocycles. The van der Waals surface area contributed by atoms with Gasteiger partial charge < -0.3 is 4.90 Å². The molecule has 7 nitrogen and oxygen atoms in total. The second-order valence-electron chi connectivity index (χ2n) is 6.92. The van der Waals surface area contributed by atoms with E-state index in [4.69, 9.17) is 0 Å². The number of carbonyl (C=O) groups is 1. The van der Waals surface area contributed by atoms with E-state index >= 15 is 0 Å². The van der Waals surface area contributed by atoms with E-state index in [-0.39, 0.29) is 11.9 Å². The fourth-order valence-electron chi connectivity index (χ4n) is 3.28. The summed E-state index contributed by atoms with van der Waals surface area (Å²) >= 11 is 3.46. The number of halogens is 1. The van der Waals surface area contributed by atoms with Gasteiger partial charge in [-0.05, 0) is 43.6 Å². The predicted molar refractivity (Wildman–Crippen MR) is 104 cm³/mol. The molecule has 1 unspecified atom stereocenters. The minimum Gasteiger partial charge on any atom is -0.338 e. The Morgan fingerprint density at radius 1 is 1.15 bits per heavy atom. The van der Waals surface area contributed by atoms with Crippen molar-refractivity contribution in [2.45, 2.75) is 46.8 Å². The molecule has 0 bridgehead atoms. The van der Waals surface area contributed by atoms with E-state index in [9.17, 15) is 4.79 Å². The summed E-state index contributed by atoms with van der Waals surface area (Å²) in [5.74, 6) is 0.134. The van der Waals surface area contributed by atoms with Gasteiger partial charge in [-0.25, -0.2) is 0 Å². The third-order valence-electron chi connectivity index (χ3n) is 5.06. The monoisotopic (exact) mass is 422 g/mol. The maximum atomic E-state index is 12.8. The number of amides is 1. The van der Waals surface area contributed by atoms with Gasteiger partial charge in [-0.1, -0.05) is 0 Å². The van der Waals surface area contributed by atoms with Crippen LogP contribution in [0.25, 0.3) is 0 Å². The van der Waals surface area contributed by atoms with E-state index in [0.717, 1.165) is 55.1 Å². The molecule has 0 aliphatic carbocycles. The third-order valence-corrected chi connectivity index (χ3v) is 5.84. The van der Waals surface area contributed by atoms with E-state index in [2.05, 4.69) is 51.1 Å². The van der Waals surface area contributed by atoms with Gasteiger partial charge in [0.2, 0.25) is 5.91 Å². The molecule has 142 valence electrons. The zero-order valence-corrected chi connectivity index (χ0v) is 17.5.